The number of benzene rings is 2. The van der Waals surface area contributed by atoms with Crippen molar-refractivity contribution in [1.82, 2.24) is 4.98 Å². The van der Waals surface area contributed by atoms with E-state index in [2.05, 4.69) is 4.98 Å². The van der Waals surface area contributed by atoms with E-state index >= 15 is 0 Å². The number of aryl methyl sites for hydroxylation is 2. The minimum atomic E-state index is -3.54. The smallest absolute Gasteiger partial charge is 0.207 e. The molecule has 0 radical (unpaired) electrons. The molecule has 2 aromatic carbocycles. The summed E-state index contributed by atoms with van der Waals surface area (Å²) in [5.41, 5.74) is 2.73. The Balaban J connectivity index is 2.27. The lowest BCUT2D eigenvalue weighted by atomic mass is 10.1. The number of nitrogens with zero attached hydrogens (tertiary/aromatic N) is 1. The van der Waals surface area contributed by atoms with Gasteiger partial charge in [-0.05, 0) is 61.4 Å². The molecule has 1 aromatic heterocycles. The van der Waals surface area contributed by atoms with E-state index in [9.17, 15) is 8.42 Å². The standard InChI is InChI=1S/C17H15NO2S/c1-12-8-9-14(11-13(12)2)21(19,20)17-7-3-6-16-15(17)5-4-10-18-16/h3-11H,1-2H3. The Hall–Kier alpha value is -2.20. The lowest BCUT2D eigenvalue weighted by Gasteiger charge is -2.09. The van der Waals surface area contributed by atoms with E-state index in [0.29, 0.717) is 20.7 Å². The third-order valence-electron chi connectivity index (χ3n) is 3.68. The predicted molar refractivity (Wildman–Crippen MR) is 83.1 cm³/mol. The molecule has 1 heterocycles. The largest absolute Gasteiger partial charge is 0.256 e. The molecule has 0 N–H and O–H groups in total. The monoisotopic (exact) mass is 297 g/mol. The van der Waals surface area contributed by atoms with Gasteiger partial charge in [0.2, 0.25) is 9.84 Å². The first-order valence-electron chi connectivity index (χ1n) is 6.66. The second-order valence-corrected chi connectivity index (χ2v) is 6.99. The first kappa shape index (κ1) is 13.8. The van der Waals surface area contributed by atoms with Crippen LogP contribution in [0.15, 0.2) is 64.5 Å². The van der Waals surface area contributed by atoms with Gasteiger partial charge in [-0.2, -0.15) is 0 Å². The van der Waals surface area contributed by atoms with E-state index in [0.717, 1.165) is 11.1 Å². The van der Waals surface area contributed by atoms with Gasteiger partial charge in [0.25, 0.3) is 0 Å². The van der Waals surface area contributed by atoms with Crippen molar-refractivity contribution in [2.24, 2.45) is 0 Å². The normalized spacial score (nSPS) is 11.7. The first-order chi connectivity index (χ1) is 10.00. The molecule has 0 saturated heterocycles. The summed E-state index contributed by atoms with van der Waals surface area (Å²) in [5, 5.41) is 0.651. The van der Waals surface area contributed by atoms with Gasteiger partial charge in [0.15, 0.2) is 0 Å². The Morgan fingerprint density at radius 2 is 1.71 bits per heavy atom. The van der Waals surface area contributed by atoms with Gasteiger partial charge in [0.1, 0.15) is 0 Å². The summed E-state index contributed by atoms with van der Waals surface area (Å²) in [6.45, 7) is 3.88. The average molecular weight is 297 g/mol. The van der Waals surface area contributed by atoms with Crippen LogP contribution in [0.3, 0.4) is 0 Å². The molecule has 0 amide bonds. The van der Waals surface area contributed by atoms with Crippen LogP contribution in [0.4, 0.5) is 0 Å². The van der Waals surface area contributed by atoms with Crippen molar-refractivity contribution in [2.75, 3.05) is 0 Å². The van der Waals surface area contributed by atoms with E-state index < -0.39 is 9.84 Å². The van der Waals surface area contributed by atoms with Gasteiger partial charge >= 0.3 is 0 Å². The number of sulfone groups is 1. The summed E-state index contributed by atoms with van der Waals surface area (Å²) < 4.78 is 25.8. The van der Waals surface area contributed by atoms with Gasteiger partial charge in [0.05, 0.1) is 15.3 Å². The van der Waals surface area contributed by atoms with Gasteiger partial charge in [-0.3, -0.25) is 4.98 Å². The van der Waals surface area contributed by atoms with Gasteiger partial charge in [-0.25, -0.2) is 8.42 Å². The molecule has 4 heteroatoms. The Morgan fingerprint density at radius 3 is 2.48 bits per heavy atom. The number of hydrogen-bond donors (Lipinski definition) is 0. The zero-order valence-electron chi connectivity index (χ0n) is 11.9. The Morgan fingerprint density at radius 1 is 0.905 bits per heavy atom. The van der Waals surface area contributed by atoms with E-state index in [-0.39, 0.29) is 0 Å². The highest BCUT2D eigenvalue weighted by Crippen LogP contribution is 2.28. The lowest BCUT2D eigenvalue weighted by molar-refractivity contribution is 0.597. The zero-order valence-corrected chi connectivity index (χ0v) is 12.7. The van der Waals surface area contributed by atoms with E-state index in [1.807, 2.05) is 26.0 Å². The minimum Gasteiger partial charge on any atom is -0.256 e. The Labute approximate surface area is 124 Å². The molecule has 0 aliphatic heterocycles. The summed E-state index contributed by atoms with van der Waals surface area (Å²) in [6, 6.07) is 13.9. The van der Waals surface area contributed by atoms with Crippen molar-refractivity contribution in [3.8, 4) is 0 Å². The first-order valence-corrected chi connectivity index (χ1v) is 8.14. The maximum atomic E-state index is 12.9. The third kappa shape index (κ3) is 2.32. The molecule has 21 heavy (non-hydrogen) atoms. The van der Waals surface area contributed by atoms with Crippen LogP contribution in [-0.2, 0) is 9.84 Å². The minimum absolute atomic E-state index is 0.302. The molecular weight excluding hydrogens is 282 g/mol. The average Bonchev–Trinajstić information content (AvgIpc) is 2.49. The Kier molecular flexibility index (Phi) is 3.26. The second kappa shape index (κ2) is 4.97. The molecule has 3 aromatic rings. The second-order valence-electron chi connectivity index (χ2n) is 5.08. The molecule has 0 atom stereocenters. The highest BCUT2D eigenvalue weighted by atomic mass is 32.2. The predicted octanol–water partition coefficient (Wildman–Crippen LogP) is 3.68. The number of hydrogen-bond acceptors (Lipinski definition) is 3. The highest BCUT2D eigenvalue weighted by molar-refractivity contribution is 7.91. The quantitative estimate of drug-likeness (QED) is 0.725. The summed E-state index contributed by atoms with van der Waals surface area (Å²) in [4.78, 5) is 4.84. The van der Waals surface area contributed by atoms with Crippen molar-refractivity contribution in [3.05, 3.63) is 65.9 Å². The molecule has 3 rings (SSSR count). The lowest BCUT2D eigenvalue weighted by Crippen LogP contribution is -2.03. The summed E-state index contributed by atoms with van der Waals surface area (Å²) in [7, 11) is -3.54. The molecule has 3 nitrogen and oxygen atoms in total. The molecule has 0 fully saturated rings. The van der Waals surface area contributed by atoms with Gasteiger partial charge in [-0.1, -0.05) is 12.1 Å². The molecule has 0 unspecified atom stereocenters. The van der Waals surface area contributed by atoms with Crippen LogP contribution in [0.5, 0.6) is 0 Å². The van der Waals surface area contributed by atoms with E-state index in [1.165, 1.54) is 0 Å². The fourth-order valence-corrected chi connectivity index (χ4v) is 3.87. The number of rotatable bonds is 2. The summed E-state index contributed by atoms with van der Waals surface area (Å²) in [5.74, 6) is 0. The molecule has 0 saturated carbocycles. The number of aromatic nitrogens is 1. The topological polar surface area (TPSA) is 47.0 Å². The molecule has 106 valence electrons. The van der Waals surface area contributed by atoms with Crippen molar-refractivity contribution >= 4 is 20.7 Å². The zero-order chi connectivity index (χ0) is 15.0. The SMILES string of the molecule is Cc1ccc(S(=O)(=O)c2cccc3ncccc23)cc1C. The van der Waals surface area contributed by atoms with Crippen molar-refractivity contribution in [3.63, 3.8) is 0 Å². The number of fused-ring (bicyclic) bond motifs is 1. The maximum absolute atomic E-state index is 12.9. The van der Waals surface area contributed by atoms with Crippen LogP contribution in [0, 0.1) is 13.8 Å². The van der Waals surface area contributed by atoms with Crippen LogP contribution >= 0.6 is 0 Å². The van der Waals surface area contributed by atoms with Crippen LogP contribution in [0.1, 0.15) is 11.1 Å². The molecule has 0 aliphatic rings. The van der Waals surface area contributed by atoms with Crippen LogP contribution < -0.4 is 0 Å². The fraction of sp³-hybridized carbons (Fsp3) is 0.118. The molecular formula is C17H15NO2S. The van der Waals surface area contributed by atoms with Crippen LogP contribution in [0.2, 0.25) is 0 Å². The van der Waals surface area contributed by atoms with E-state index in [4.69, 9.17) is 0 Å². The third-order valence-corrected chi connectivity index (χ3v) is 5.49. The van der Waals surface area contributed by atoms with Gasteiger partial charge < -0.3 is 0 Å². The molecule has 0 spiro atoms. The Bertz CT molecular complexity index is 925. The molecule has 0 aliphatic carbocycles. The fourth-order valence-electron chi connectivity index (χ4n) is 2.32. The summed E-state index contributed by atoms with van der Waals surface area (Å²) in [6.07, 6.45) is 1.66. The van der Waals surface area contributed by atoms with Crippen molar-refractivity contribution in [1.29, 1.82) is 0 Å². The van der Waals surface area contributed by atoms with Crippen LogP contribution in [-0.4, -0.2) is 13.4 Å². The van der Waals surface area contributed by atoms with Crippen molar-refractivity contribution in [2.45, 2.75) is 23.6 Å². The van der Waals surface area contributed by atoms with Gasteiger partial charge in [-0.15, -0.1) is 0 Å². The summed E-state index contributed by atoms with van der Waals surface area (Å²) >= 11 is 0. The maximum Gasteiger partial charge on any atom is 0.207 e. The van der Waals surface area contributed by atoms with Gasteiger partial charge in [0, 0.05) is 11.6 Å². The molecule has 0 bridgehead atoms. The number of pyridine rings is 1. The highest BCUT2D eigenvalue weighted by Gasteiger charge is 2.20. The van der Waals surface area contributed by atoms with E-state index in [1.54, 1.807) is 42.6 Å². The van der Waals surface area contributed by atoms with Crippen molar-refractivity contribution < 1.29 is 8.42 Å². The van der Waals surface area contributed by atoms with Crippen LogP contribution in [0.25, 0.3) is 10.9 Å².